The highest BCUT2D eigenvalue weighted by Crippen LogP contribution is 2.40. The lowest BCUT2D eigenvalue weighted by atomic mass is 9.99. The van der Waals surface area contributed by atoms with Crippen LogP contribution in [0.1, 0.15) is 86.9 Å². The Labute approximate surface area is 431 Å². The van der Waals surface area contributed by atoms with Crippen LogP contribution in [-0.4, -0.2) is 91.9 Å². The summed E-state index contributed by atoms with van der Waals surface area (Å²) in [4.78, 5) is 12.8. The van der Waals surface area contributed by atoms with E-state index >= 15 is 0 Å². The zero-order valence-corrected chi connectivity index (χ0v) is 44.9. The molecule has 2 heterocycles. The zero-order chi connectivity index (χ0) is 50.7. The zero-order valence-electron chi connectivity index (χ0n) is 41.6. The number of rotatable bonds is 13. The van der Waals surface area contributed by atoms with E-state index in [0.29, 0.717) is 19.0 Å². The average molecular weight is 1080 g/mol. The molecule has 5 aromatic carbocycles. The quantitative estimate of drug-likeness (QED) is 0.0930. The van der Waals surface area contributed by atoms with E-state index in [1.165, 1.54) is 87.7 Å². The van der Waals surface area contributed by atoms with Gasteiger partial charge in [-0.25, -0.2) is 26.6 Å². The van der Waals surface area contributed by atoms with E-state index in [0.717, 1.165) is 72.3 Å². The molecule has 4 aliphatic carbocycles. The van der Waals surface area contributed by atoms with Crippen molar-refractivity contribution >= 4 is 52.9 Å². The number of nitrogen functional groups attached to an aromatic ring is 1. The molecule has 0 spiro atoms. The predicted molar refractivity (Wildman–Crippen MR) is 283 cm³/mol. The van der Waals surface area contributed by atoms with Crippen LogP contribution in [-0.2, 0) is 90.7 Å². The molecule has 7 aromatic rings. The van der Waals surface area contributed by atoms with Gasteiger partial charge >= 0.3 is 0 Å². The number of methoxy groups -OCH3 is 1. The number of nitrogens with one attached hydrogen (secondary N) is 2. The van der Waals surface area contributed by atoms with E-state index in [4.69, 9.17) is 10.5 Å². The first-order chi connectivity index (χ1) is 34.6. The molecule has 0 aliphatic heterocycles. The number of benzene rings is 5. The molecular weight excluding hydrogens is 1010 g/mol. The van der Waals surface area contributed by atoms with Crippen molar-refractivity contribution in [3.8, 4) is 5.75 Å². The first-order valence-corrected chi connectivity index (χ1v) is 28.3. The minimum Gasteiger partial charge on any atom is -0.497 e. The van der Waals surface area contributed by atoms with E-state index in [2.05, 4.69) is 58.6 Å². The van der Waals surface area contributed by atoms with Crippen molar-refractivity contribution in [2.45, 2.75) is 117 Å². The van der Waals surface area contributed by atoms with Crippen LogP contribution in [0.5, 0.6) is 5.75 Å². The summed E-state index contributed by atoms with van der Waals surface area (Å²) in [5, 5.41) is 14.2. The van der Waals surface area contributed by atoms with Gasteiger partial charge in [-0.3, -0.25) is 0 Å². The first kappa shape index (κ1) is 51.0. The fraction of sp³-hybridized carbons (Fsp3) is 0.370. The van der Waals surface area contributed by atoms with Crippen LogP contribution in [0, 0.1) is 0 Å². The number of aromatic amines is 1. The second-order valence-electron chi connectivity index (χ2n) is 19.5. The fourth-order valence-corrected chi connectivity index (χ4v) is 13.4. The van der Waals surface area contributed by atoms with Crippen molar-refractivity contribution in [2.24, 2.45) is 0 Å². The molecule has 0 amide bonds. The first-order valence-electron chi connectivity index (χ1n) is 24.6. The molecule has 4 aliphatic rings. The molecular formula is C54H63BrN10O5S2. The molecule has 72 heavy (non-hydrogen) atoms. The van der Waals surface area contributed by atoms with Crippen LogP contribution >= 0.6 is 15.9 Å². The van der Waals surface area contributed by atoms with Crippen LogP contribution in [0.3, 0.4) is 0 Å². The number of aromatic nitrogens is 6. The third-order valence-corrected chi connectivity index (χ3v) is 17.3. The highest BCUT2D eigenvalue weighted by Gasteiger charge is 2.29. The number of sulfone groups is 2. The monoisotopic (exact) mass is 1070 g/mol. The number of ether oxygens (including phenoxy) is 1. The van der Waals surface area contributed by atoms with Gasteiger partial charge in [0.15, 0.2) is 0 Å². The van der Waals surface area contributed by atoms with E-state index in [9.17, 15) is 16.8 Å². The van der Waals surface area contributed by atoms with Crippen molar-refractivity contribution in [1.82, 2.24) is 39.7 Å². The smallest absolute Gasteiger partial charge is 0.251 e. The number of aryl methyl sites for hydroxylation is 4. The summed E-state index contributed by atoms with van der Waals surface area (Å²) < 4.78 is 59.5. The topological polar surface area (TPSA) is 194 Å². The van der Waals surface area contributed by atoms with Gasteiger partial charge in [-0.15, -0.1) is 10.2 Å². The Balaban J connectivity index is 0.000000143. The molecule has 0 saturated heterocycles. The number of fused-ring (bicyclic) bond motifs is 4. The molecule has 0 atom stereocenters. The number of nitrogens with two attached hydrogens (primary N) is 1. The maximum Gasteiger partial charge on any atom is 0.251 e. The van der Waals surface area contributed by atoms with E-state index in [1.807, 2.05) is 74.4 Å². The van der Waals surface area contributed by atoms with Gasteiger partial charge in [0.05, 0.1) is 23.4 Å². The molecule has 0 saturated carbocycles. The van der Waals surface area contributed by atoms with Gasteiger partial charge in [-0.2, -0.15) is 9.97 Å². The van der Waals surface area contributed by atoms with E-state index < -0.39 is 19.7 Å². The maximum absolute atomic E-state index is 13.2. The highest BCUT2D eigenvalue weighted by atomic mass is 79.9. The Hall–Kier alpha value is -5.92. The summed E-state index contributed by atoms with van der Waals surface area (Å²) in [6.07, 6.45) is 14.2. The fourth-order valence-electron chi connectivity index (χ4n) is 10.4. The maximum atomic E-state index is 13.2. The number of anilines is 3. The molecule has 0 unspecified atom stereocenters. The minimum absolute atomic E-state index is 0.0998. The van der Waals surface area contributed by atoms with Gasteiger partial charge in [-0.05, 0) is 219 Å². The number of hydrogen-bond donors (Lipinski definition) is 3. The standard InChI is InChI=1S/C23H27N5O2S.C19H21BrN4O3S.C12H15N/c1-28(2)14-15-6-3-9-18(12-15)31(29,30)23-25-22(26-27-23)24-21-19-10-4-7-16(19)13-17-8-5-11-20(17)21;1-23(2)12-15-5-4-6-17(11-15)28(25,26)19-21-18(20)22-24(19)13-14-7-9-16(27-3)10-8-14;13-12-10-5-1-3-8(10)7-9-4-2-6-11(9)12/h3,6,9,12-13H,4-5,7-8,10-11,14H2,1-2H3,(H2,24,25,26,27);4-11H,12-13H2,1-3H3;7H,1-6,13H2. The molecule has 378 valence electrons. The van der Waals surface area contributed by atoms with Gasteiger partial charge in [-0.1, -0.05) is 48.5 Å². The van der Waals surface area contributed by atoms with Crippen molar-refractivity contribution in [1.29, 1.82) is 0 Å². The minimum atomic E-state index is -3.82. The van der Waals surface area contributed by atoms with Gasteiger partial charge in [0, 0.05) is 24.5 Å². The Morgan fingerprint density at radius 1 is 0.653 bits per heavy atom. The number of hydrogen-bond acceptors (Lipinski definition) is 13. The van der Waals surface area contributed by atoms with Gasteiger partial charge in [0.2, 0.25) is 35.5 Å². The Bertz CT molecular complexity index is 3270. The molecule has 0 fully saturated rings. The number of H-pyrrole nitrogens is 1. The molecule has 2 aromatic heterocycles. The molecule has 0 bridgehead atoms. The third kappa shape index (κ3) is 11.2. The summed E-state index contributed by atoms with van der Waals surface area (Å²) in [5.74, 6) is 1.03. The molecule has 18 heteroatoms. The van der Waals surface area contributed by atoms with Crippen LogP contribution in [0.25, 0.3) is 0 Å². The summed E-state index contributed by atoms with van der Waals surface area (Å²) in [5.41, 5.74) is 22.7. The van der Waals surface area contributed by atoms with Crippen molar-refractivity contribution in [3.05, 3.63) is 151 Å². The van der Waals surface area contributed by atoms with Crippen LogP contribution in [0.2, 0.25) is 0 Å². The van der Waals surface area contributed by atoms with Crippen molar-refractivity contribution < 1.29 is 21.6 Å². The predicted octanol–water partition coefficient (Wildman–Crippen LogP) is 8.66. The highest BCUT2D eigenvalue weighted by molar-refractivity contribution is 9.10. The van der Waals surface area contributed by atoms with Crippen LogP contribution < -0.4 is 15.8 Å². The van der Waals surface area contributed by atoms with Crippen LogP contribution in [0.15, 0.2) is 110 Å². The van der Waals surface area contributed by atoms with E-state index in [-0.39, 0.29) is 31.4 Å². The molecule has 4 N–H and O–H groups in total. The van der Waals surface area contributed by atoms with E-state index in [1.54, 1.807) is 43.5 Å². The Morgan fingerprint density at radius 2 is 1.15 bits per heavy atom. The average Bonchev–Trinajstić information content (AvgIpc) is 4.22. The molecule has 11 rings (SSSR count). The van der Waals surface area contributed by atoms with Crippen LogP contribution in [0.4, 0.5) is 17.3 Å². The lowest BCUT2D eigenvalue weighted by Crippen LogP contribution is -2.14. The van der Waals surface area contributed by atoms with Crippen molar-refractivity contribution in [2.75, 3.05) is 46.4 Å². The van der Waals surface area contributed by atoms with Gasteiger partial charge in [0.1, 0.15) is 5.75 Å². The Morgan fingerprint density at radius 3 is 1.67 bits per heavy atom. The normalized spacial score (nSPS) is 14.6. The lowest BCUT2D eigenvalue weighted by Gasteiger charge is -2.15. The van der Waals surface area contributed by atoms with Gasteiger partial charge < -0.3 is 25.6 Å². The number of halogens is 1. The second-order valence-corrected chi connectivity index (χ2v) is 24.0. The van der Waals surface area contributed by atoms with Crippen molar-refractivity contribution in [3.63, 3.8) is 0 Å². The summed E-state index contributed by atoms with van der Waals surface area (Å²) >= 11 is 3.20. The van der Waals surface area contributed by atoms with Gasteiger partial charge in [0.25, 0.3) is 5.16 Å². The SMILES string of the molecule is CN(C)Cc1cccc(S(=O)(=O)c2nc(Nc3c4c(cc5c3CCC5)CCC4)n[nH]2)c1.COc1ccc(Cn2nc(Br)nc2S(=O)(=O)c2cccc(CN(C)C)c2)cc1.Nc1c2c(cc3c1CCC3)CCC2. The largest absolute Gasteiger partial charge is 0.497 e. The summed E-state index contributed by atoms with van der Waals surface area (Å²) in [6.45, 7) is 1.58. The second kappa shape index (κ2) is 21.7. The molecule has 15 nitrogen and oxygen atoms in total. The summed E-state index contributed by atoms with van der Waals surface area (Å²) in [7, 11) is 1.76. The number of nitrogens with zero attached hydrogens (tertiary/aromatic N) is 7. The summed E-state index contributed by atoms with van der Waals surface area (Å²) in [6, 6.07) is 26.0. The molecule has 0 radical (unpaired) electrons. The lowest BCUT2D eigenvalue weighted by molar-refractivity contribution is 0.402. The Kier molecular flexibility index (Phi) is 15.3. The third-order valence-electron chi connectivity index (χ3n) is 13.7.